The number of hydrogen-bond donors (Lipinski definition) is 1. The molecule has 1 N–H and O–H groups in total. The van der Waals surface area contributed by atoms with E-state index in [1.165, 1.54) is 48.8 Å². The van der Waals surface area contributed by atoms with E-state index in [9.17, 15) is 4.39 Å². The van der Waals surface area contributed by atoms with Gasteiger partial charge in [-0.2, -0.15) is 0 Å². The Morgan fingerprint density at radius 3 is 2.57 bits per heavy atom. The fourth-order valence-corrected chi connectivity index (χ4v) is 5.98. The zero-order chi connectivity index (χ0) is 19.1. The van der Waals surface area contributed by atoms with E-state index in [-0.39, 0.29) is 5.82 Å². The highest BCUT2D eigenvalue weighted by atomic mass is 35.5. The molecule has 0 bridgehead atoms. The Morgan fingerprint density at radius 1 is 1.00 bits per heavy atom. The lowest BCUT2D eigenvalue weighted by molar-refractivity contribution is 0.0668. The maximum atomic E-state index is 13.5. The summed E-state index contributed by atoms with van der Waals surface area (Å²) in [6.45, 7) is 3.27. The number of rotatable bonds is 2. The summed E-state index contributed by atoms with van der Waals surface area (Å²) >= 11 is 6.40. The van der Waals surface area contributed by atoms with Gasteiger partial charge in [-0.1, -0.05) is 49.1 Å². The van der Waals surface area contributed by atoms with Crippen LogP contribution in [0.2, 0.25) is 5.02 Å². The lowest BCUT2D eigenvalue weighted by Gasteiger charge is -2.48. The number of benzene rings is 2. The summed E-state index contributed by atoms with van der Waals surface area (Å²) in [5.41, 5.74) is 4.23. The molecule has 5 rings (SSSR count). The minimum atomic E-state index is -0.170. The average Bonchev–Trinajstić information content (AvgIpc) is 3.08. The summed E-state index contributed by atoms with van der Waals surface area (Å²) in [7, 11) is 0. The van der Waals surface area contributed by atoms with E-state index >= 15 is 0 Å². The van der Waals surface area contributed by atoms with Crippen molar-refractivity contribution in [2.45, 2.75) is 56.0 Å². The van der Waals surface area contributed by atoms with Crippen molar-refractivity contribution in [2.24, 2.45) is 0 Å². The molecule has 2 unspecified atom stereocenters. The second kappa shape index (κ2) is 7.44. The molecule has 0 radical (unpaired) electrons. The smallest absolute Gasteiger partial charge is 0.123 e. The van der Waals surface area contributed by atoms with Gasteiger partial charge in [0.1, 0.15) is 5.82 Å². The van der Waals surface area contributed by atoms with Gasteiger partial charge in [0.05, 0.1) is 0 Å². The molecule has 2 aliphatic carbocycles. The Kier molecular flexibility index (Phi) is 4.94. The van der Waals surface area contributed by atoms with Crippen LogP contribution in [-0.4, -0.2) is 30.1 Å². The van der Waals surface area contributed by atoms with Crippen LogP contribution in [0.3, 0.4) is 0 Å². The molecule has 28 heavy (non-hydrogen) atoms. The maximum absolute atomic E-state index is 13.5. The standard InChI is InChI=1S/C24H28ClFN2/c25-18-6-9-20-21(17-4-7-19(26)8-5-17)15-23(22(20)14-18)28-13-12-27-24(16-28)10-2-1-3-11-24/h4-9,14,21,23,27H,1-3,10-13,15-16H2. The summed E-state index contributed by atoms with van der Waals surface area (Å²) in [6, 6.07) is 13.8. The second-order valence-corrected chi connectivity index (χ2v) is 9.30. The lowest BCUT2D eigenvalue weighted by Crippen LogP contribution is -2.61. The number of fused-ring (bicyclic) bond motifs is 1. The van der Waals surface area contributed by atoms with Crippen molar-refractivity contribution in [2.75, 3.05) is 19.6 Å². The number of piperazine rings is 1. The fourth-order valence-electron chi connectivity index (χ4n) is 5.80. The predicted octanol–water partition coefficient (Wildman–Crippen LogP) is 5.66. The predicted molar refractivity (Wildman–Crippen MR) is 112 cm³/mol. The number of nitrogens with zero attached hydrogens (tertiary/aromatic N) is 1. The lowest BCUT2D eigenvalue weighted by atomic mass is 9.79. The molecule has 2 fully saturated rings. The molecule has 2 nitrogen and oxygen atoms in total. The molecule has 1 spiro atoms. The van der Waals surface area contributed by atoms with Gasteiger partial charge in [0, 0.05) is 42.2 Å². The summed E-state index contributed by atoms with van der Waals surface area (Å²) in [6.07, 6.45) is 7.69. The van der Waals surface area contributed by atoms with Crippen LogP contribution in [0.15, 0.2) is 42.5 Å². The van der Waals surface area contributed by atoms with Crippen molar-refractivity contribution < 1.29 is 4.39 Å². The van der Waals surface area contributed by atoms with Crippen LogP contribution >= 0.6 is 11.6 Å². The first-order chi connectivity index (χ1) is 13.6. The Labute approximate surface area is 172 Å². The molecule has 1 saturated heterocycles. The third kappa shape index (κ3) is 3.38. The molecule has 148 valence electrons. The van der Waals surface area contributed by atoms with E-state index in [0.717, 1.165) is 31.1 Å². The fraction of sp³-hybridized carbons (Fsp3) is 0.500. The highest BCUT2D eigenvalue weighted by Gasteiger charge is 2.42. The molecule has 2 aromatic rings. The first-order valence-corrected chi connectivity index (χ1v) is 11.1. The van der Waals surface area contributed by atoms with Crippen molar-refractivity contribution in [1.29, 1.82) is 0 Å². The van der Waals surface area contributed by atoms with Crippen LogP contribution in [0.4, 0.5) is 4.39 Å². The van der Waals surface area contributed by atoms with Gasteiger partial charge in [-0.05, 0) is 60.2 Å². The molecule has 2 atom stereocenters. The molecule has 4 heteroatoms. The third-order valence-electron chi connectivity index (χ3n) is 7.17. The van der Waals surface area contributed by atoms with Gasteiger partial charge in [-0.25, -0.2) is 4.39 Å². The molecule has 0 amide bonds. The zero-order valence-electron chi connectivity index (χ0n) is 16.3. The first kappa shape index (κ1) is 18.6. The summed E-state index contributed by atoms with van der Waals surface area (Å²) < 4.78 is 13.5. The van der Waals surface area contributed by atoms with Crippen LogP contribution in [0.5, 0.6) is 0 Å². The largest absolute Gasteiger partial charge is 0.309 e. The summed E-state index contributed by atoms with van der Waals surface area (Å²) in [5.74, 6) is 0.144. The van der Waals surface area contributed by atoms with E-state index < -0.39 is 0 Å². The van der Waals surface area contributed by atoms with Gasteiger partial charge in [0.25, 0.3) is 0 Å². The van der Waals surface area contributed by atoms with E-state index in [4.69, 9.17) is 11.6 Å². The number of halogens is 2. The third-order valence-corrected chi connectivity index (χ3v) is 7.41. The van der Waals surface area contributed by atoms with Crippen LogP contribution in [0.1, 0.15) is 67.2 Å². The molecule has 0 aromatic heterocycles. The SMILES string of the molecule is Fc1ccc(C2CC(N3CCNC4(CCCCC4)C3)c3cc(Cl)ccc32)cc1. The van der Waals surface area contributed by atoms with Crippen LogP contribution in [-0.2, 0) is 0 Å². The molecule has 1 aliphatic heterocycles. The van der Waals surface area contributed by atoms with Crippen molar-refractivity contribution in [1.82, 2.24) is 10.2 Å². The Bertz CT molecular complexity index is 839. The molecular formula is C24H28ClFN2. The highest BCUT2D eigenvalue weighted by Crippen LogP contribution is 2.48. The van der Waals surface area contributed by atoms with E-state index in [2.05, 4.69) is 22.3 Å². The zero-order valence-corrected chi connectivity index (χ0v) is 17.0. The second-order valence-electron chi connectivity index (χ2n) is 8.87. The minimum Gasteiger partial charge on any atom is -0.309 e. The van der Waals surface area contributed by atoms with Gasteiger partial charge in [-0.3, -0.25) is 4.90 Å². The maximum Gasteiger partial charge on any atom is 0.123 e. The van der Waals surface area contributed by atoms with E-state index in [1.807, 2.05) is 18.2 Å². The average molecular weight is 399 g/mol. The monoisotopic (exact) mass is 398 g/mol. The minimum absolute atomic E-state index is 0.170. The van der Waals surface area contributed by atoms with Gasteiger partial charge < -0.3 is 5.32 Å². The van der Waals surface area contributed by atoms with E-state index in [1.54, 1.807) is 12.1 Å². The van der Waals surface area contributed by atoms with Gasteiger partial charge in [0.2, 0.25) is 0 Å². The topological polar surface area (TPSA) is 15.3 Å². The summed E-state index contributed by atoms with van der Waals surface area (Å²) in [4.78, 5) is 2.69. The van der Waals surface area contributed by atoms with Crippen molar-refractivity contribution >= 4 is 11.6 Å². The molecule has 3 aliphatic rings. The number of nitrogens with one attached hydrogen (secondary N) is 1. The Morgan fingerprint density at radius 2 is 1.79 bits per heavy atom. The van der Waals surface area contributed by atoms with Gasteiger partial charge >= 0.3 is 0 Å². The van der Waals surface area contributed by atoms with E-state index in [0.29, 0.717) is 17.5 Å². The molecule has 2 aromatic carbocycles. The first-order valence-electron chi connectivity index (χ1n) is 10.7. The quantitative estimate of drug-likeness (QED) is 0.701. The van der Waals surface area contributed by atoms with Crippen LogP contribution in [0.25, 0.3) is 0 Å². The van der Waals surface area contributed by atoms with Gasteiger partial charge in [0.15, 0.2) is 0 Å². The normalized spacial score (nSPS) is 27.1. The molecule has 1 heterocycles. The van der Waals surface area contributed by atoms with Crippen molar-refractivity contribution in [3.63, 3.8) is 0 Å². The van der Waals surface area contributed by atoms with Crippen molar-refractivity contribution in [3.8, 4) is 0 Å². The van der Waals surface area contributed by atoms with Crippen LogP contribution in [0, 0.1) is 5.82 Å². The Balaban J connectivity index is 1.46. The number of hydrogen-bond acceptors (Lipinski definition) is 2. The Hall–Kier alpha value is -1.42. The van der Waals surface area contributed by atoms with Gasteiger partial charge in [-0.15, -0.1) is 0 Å². The highest BCUT2D eigenvalue weighted by molar-refractivity contribution is 6.30. The van der Waals surface area contributed by atoms with Crippen LogP contribution < -0.4 is 5.32 Å². The summed E-state index contributed by atoms with van der Waals surface area (Å²) in [5, 5.41) is 4.67. The molecule has 1 saturated carbocycles. The molecular weight excluding hydrogens is 371 g/mol. The van der Waals surface area contributed by atoms with Crippen molar-refractivity contribution in [3.05, 3.63) is 70.0 Å².